The quantitative estimate of drug-likeness (QED) is 0.600. The molecular weight excluding hydrogens is 150 g/mol. The predicted octanol–water partition coefficient (Wildman–Crippen LogP) is 2.32. The van der Waals surface area contributed by atoms with Crippen molar-refractivity contribution >= 4 is 0 Å². The van der Waals surface area contributed by atoms with E-state index in [0.29, 0.717) is 0 Å². The Balaban J connectivity index is 3.47. The van der Waals surface area contributed by atoms with Crippen LogP contribution >= 0.6 is 0 Å². The summed E-state index contributed by atoms with van der Waals surface area (Å²) in [5, 5.41) is 0. The van der Waals surface area contributed by atoms with Crippen LogP contribution in [0.4, 0.5) is 0 Å². The molecule has 0 saturated heterocycles. The lowest BCUT2D eigenvalue weighted by molar-refractivity contribution is 0.0740. The van der Waals surface area contributed by atoms with Gasteiger partial charge in [-0.05, 0) is 12.8 Å². The lowest BCUT2D eigenvalue weighted by Gasteiger charge is -2.20. The van der Waals surface area contributed by atoms with Crippen LogP contribution in [0.5, 0.6) is 0 Å². The number of unbranched alkanes of at least 4 members (excludes halogenated alkanes) is 2. The Morgan fingerprint density at radius 3 is 2.33 bits per heavy atom. The van der Waals surface area contributed by atoms with Crippen molar-refractivity contribution in [3.8, 4) is 0 Å². The molecule has 0 aromatic heterocycles. The average molecular weight is 173 g/mol. The van der Waals surface area contributed by atoms with Gasteiger partial charge in [0.2, 0.25) is 0 Å². The molecule has 0 aromatic rings. The maximum absolute atomic E-state index is 5.95. The van der Waals surface area contributed by atoms with E-state index < -0.39 is 0 Å². The molecule has 0 saturated carbocycles. The number of nitrogens with two attached hydrogens (primary N) is 1. The molecule has 0 rings (SSSR count). The van der Waals surface area contributed by atoms with E-state index in [0.717, 1.165) is 12.8 Å². The van der Waals surface area contributed by atoms with E-state index in [1.165, 1.54) is 19.3 Å². The molecule has 0 spiro atoms. The molecule has 2 N–H and O–H groups in total. The van der Waals surface area contributed by atoms with Crippen molar-refractivity contribution in [1.29, 1.82) is 0 Å². The van der Waals surface area contributed by atoms with Crippen molar-refractivity contribution < 1.29 is 4.74 Å². The SMILES string of the molecule is CCCCCC(N)C(CC)OC. The molecule has 2 unspecified atom stereocenters. The van der Waals surface area contributed by atoms with E-state index in [2.05, 4.69) is 13.8 Å². The summed E-state index contributed by atoms with van der Waals surface area (Å²) in [7, 11) is 1.74. The normalized spacial score (nSPS) is 16.0. The third-order valence-electron chi connectivity index (χ3n) is 2.32. The Kier molecular flexibility index (Phi) is 7.51. The van der Waals surface area contributed by atoms with Crippen LogP contribution in [0.2, 0.25) is 0 Å². The minimum atomic E-state index is 0.228. The average Bonchev–Trinajstić information content (AvgIpc) is 2.07. The van der Waals surface area contributed by atoms with Gasteiger partial charge in [0.25, 0.3) is 0 Å². The number of hydrogen-bond donors (Lipinski definition) is 1. The molecule has 0 aliphatic heterocycles. The van der Waals surface area contributed by atoms with Gasteiger partial charge in [0.15, 0.2) is 0 Å². The van der Waals surface area contributed by atoms with Crippen LogP contribution in [0.15, 0.2) is 0 Å². The van der Waals surface area contributed by atoms with Crippen LogP contribution in [0.1, 0.15) is 46.0 Å². The molecule has 0 aliphatic rings. The Morgan fingerprint density at radius 2 is 1.92 bits per heavy atom. The van der Waals surface area contributed by atoms with Crippen molar-refractivity contribution in [3.05, 3.63) is 0 Å². The molecule has 0 radical (unpaired) electrons. The van der Waals surface area contributed by atoms with Gasteiger partial charge in [-0.25, -0.2) is 0 Å². The highest BCUT2D eigenvalue weighted by molar-refractivity contribution is 4.71. The molecule has 2 heteroatoms. The first-order valence-corrected chi connectivity index (χ1v) is 5.04. The summed E-state index contributed by atoms with van der Waals surface area (Å²) in [4.78, 5) is 0. The van der Waals surface area contributed by atoms with Gasteiger partial charge in [-0.2, -0.15) is 0 Å². The van der Waals surface area contributed by atoms with E-state index in [1.807, 2.05) is 0 Å². The lowest BCUT2D eigenvalue weighted by atomic mass is 10.0. The number of methoxy groups -OCH3 is 1. The van der Waals surface area contributed by atoms with Crippen LogP contribution < -0.4 is 5.73 Å². The molecule has 0 aromatic carbocycles. The summed E-state index contributed by atoms with van der Waals surface area (Å²) in [5.41, 5.74) is 5.95. The fraction of sp³-hybridized carbons (Fsp3) is 1.00. The molecule has 0 amide bonds. The molecule has 0 heterocycles. The summed E-state index contributed by atoms with van der Waals surface area (Å²) in [6.07, 6.45) is 6.15. The minimum Gasteiger partial charge on any atom is -0.380 e. The first-order chi connectivity index (χ1) is 5.76. The summed E-state index contributed by atoms with van der Waals surface area (Å²) >= 11 is 0. The van der Waals surface area contributed by atoms with Gasteiger partial charge in [-0.3, -0.25) is 0 Å². The zero-order valence-corrected chi connectivity index (χ0v) is 8.68. The second-order valence-electron chi connectivity index (χ2n) is 3.34. The lowest BCUT2D eigenvalue weighted by Crippen LogP contribution is -2.35. The molecule has 74 valence electrons. The Hall–Kier alpha value is -0.0800. The number of rotatable bonds is 7. The summed E-state index contributed by atoms with van der Waals surface area (Å²) in [5.74, 6) is 0. The highest BCUT2D eigenvalue weighted by Gasteiger charge is 2.13. The van der Waals surface area contributed by atoms with Crippen molar-refractivity contribution in [2.24, 2.45) is 5.73 Å². The highest BCUT2D eigenvalue weighted by atomic mass is 16.5. The van der Waals surface area contributed by atoms with E-state index in [4.69, 9.17) is 10.5 Å². The van der Waals surface area contributed by atoms with Gasteiger partial charge in [0.1, 0.15) is 0 Å². The topological polar surface area (TPSA) is 35.2 Å². The fourth-order valence-corrected chi connectivity index (χ4v) is 1.46. The number of hydrogen-bond acceptors (Lipinski definition) is 2. The van der Waals surface area contributed by atoms with Crippen LogP contribution in [0.3, 0.4) is 0 Å². The fourth-order valence-electron chi connectivity index (χ4n) is 1.46. The summed E-state index contributed by atoms with van der Waals surface area (Å²) in [6.45, 7) is 4.33. The van der Waals surface area contributed by atoms with Crippen LogP contribution in [0, 0.1) is 0 Å². The minimum absolute atomic E-state index is 0.228. The monoisotopic (exact) mass is 173 g/mol. The zero-order chi connectivity index (χ0) is 9.40. The van der Waals surface area contributed by atoms with Gasteiger partial charge in [-0.15, -0.1) is 0 Å². The molecule has 2 nitrogen and oxygen atoms in total. The Bertz CT molecular complexity index is 91.8. The Labute approximate surface area is 76.5 Å². The van der Waals surface area contributed by atoms with Gasteiger partial charge in [-0.1, -0.05) is 33.1 Å². The second-order valence-corrected chi connectivity index (χ2v) is 3.34. The largest absolute Gasteiger partial charge is 0.380 e. The van der Waals surface area contributed by atoms with Gasteiger partial charge in [0.05, 0.1) is 6.10 Å². The van der Waals surface area contributed by atoms with Crippen molar-refractivity contribution in [3.63, 3.8) is 0 Å². The first-order valence-electron chi connectivity index (χ1n) is 5.04. The zero-order valence-electron chi connectivity index (χ0n) is 8.68. The van der Waals surface area contributed by atoms with Crippen LogP contribution in [-0.4, -0.2) is 19.3 Å². The van der Waals surface area contributed by atoms with E-state index in [9.17, 15) is 0 Å². The summed E-state index contributed by atoms with van der Waals surface area (Å²) in [6, 6.07) is 0.228. The van der Waals surface area contributed by atoms with E-state index >= 15 is 0 Å². The standard InChI is InChI=1S/C10H23NO/c1-4-6-7-8-9(11)10(5-2)12-3/h9-10H,4-8,11H2,1-3H3. The molecule has 0 bridgehead atoms. The van der Waals surface area contributed by atoms with Crippen molar-refractivity contribution in [2.45, 2.75) is 58.1 Å². The summed E-state index contributed by atoms with van der Waals surface area (Å²) < 4.78 is 5.27. The van der Waals surface area contributed by atoms with Gasteiger partial charge in [0, 0.05) is 13.2 Å². The third kappa shape index (κ3) is 4.73. The number of ether oxygens (including phenoxy) is 1. The predicted molar refractivity (Wildman–Crippen MR) is 53.2 cm³/mol. The van der Waals surface area contributed by atoms with Crippen LogP contribution in [-0.2, 0) is 4.74 Å². The molecule has 0 fully saturated rings. The smallest absolute Gasteiger partial charge is 0.0719 e. The van der Waals surface area contributed by atoms with Crippen molar-refractivity contribution in [1.82, 2.24) is 0 Å². The Morgan fingerprint density at radius 1 is 1.25 bits per heavy atom. The maximum Gasteiger partial charge on any atom is 0.0719 e. The maximum atomic E-state index is 5.95. The molecule has 12 heavy (non-hydrogen) atoms. The van der Waals surface area contributed by atoms with Crippen LogP contribution in [0.25, 0.3) is 0 Å². The van der Waals surface area contributed by atoms with Gasteiger partial charge < -0.3 is 10.5 Å². The molecule has 0 aliphatic carbocycles. The second kappa shape index (κ2) is 7.56. The molecule has 2 atom stereocenters. The first kappa shape index (κ1) is 11.9. The molecular formula is C10H23NO. The highest BCUT2D eigenvalue weighted by Crippen LogP contribution is 2.09. The third-order valence-corrected chi connectivity index (χ3v) is 2.32. The van der Waals surface area contributed by atoms with E-state index in [-0.39, 0.29) is 12.1 Å². The van der Waals surface area contributed by atoms with Crippen molar-refractivity contribution in [2.75, 3.05) is 7.11 Å². The van der Waals surface area contributed by atoms with E-state index in [1.54, 1.807) is 7.11 Å². The van der Waals surface area contributed by atoms with Gasteiger partial charge >= 0.3 is 0 Å².